The first-order valence-electron chi connectivity index (χ1n) is 7.96. The van der Waals surface area contributed by atoms with E-state index in [0.29, 0.717) is 28.2 Å². The van der Waals surface area contributed by atoms with Crippen molar-refractivity contribution in [2.75, 3.05) is 11.9 Å². The second-order valence-electron chi connectivity index (χ2n) is 5.77. The summed E-state index contributed by atoms with van der Waals surface area (Å²) >= 11 is 11.9. The van der Waals surface area contributed by atoms with E-state index in [4.69, 9.17) is 27.9 Å². The van der Waals surface area contributed by atoms with E-state index in [2.05, 4.69) is 10.4 Å². The molecule has 0 saturated carbocycles. The molecule has 0 saturated heterocycles. The van der Waals surface area contributed by atoms with Crippen LogP contribution in [0.4, 0.5) is 5.82 Å². The molecule has 1 aromatic heterocycles. The summed E-state index contributed by atoms with van der Waals surface area (Å²) < 4.78 is 7.16. The van der Waals surface area contributed by atoms with E-state index in [-0.39, 0.29) is 12.5 Å². The second kappa shape index (κ2) is 8.25. The number of ether oxygens (including phenoxy) is 1. The predicted molar refractivity (Wildman–Crippen MR) is 103 cm³/mol. The monoisotopic (exact) mass is 389 g/mol. The van der Waals surface area contributed by atoms with Crippen molar-refractivity contribution >= 4 is 34.9 Å². The number of aromatic nitrogens is 2. The Morgan fingerprint density at radius 3 is 2.69 bits per heavy atom. The first-order chi connectivity index (χ1) is 12.5. The zero-order valence-corrected chi connectivity index (χ0v) is 15.6. The largest absolute Gasteiger partial charge is 0.482 e. The summed E-state index contributed by atoms with van der Waals surface area (Å²) in [6, 6.07) is 14.7. The number of amides is 1. The molecular weight excluding hydrogens is 373 g/mol. The molecule has 0 bridgehead atoms. The molecule has 1 amide bonds. The van der Waals surface area contributed by atoms with Gasteiger partial charge in [-0.1, -0.05) is 53.0 Å². The topological polar surface area (TPSA) is 56.2 Å². The lowest BCUT2D eigenvalue weighted by Crippen LogP contribution is -2.22. The predicted octanol–water partition coefficient (Wildman–Crippen LogP) is 4.56. The molecule has 134 valence electrons. The van der Waals surface area contributed by atoms with Gasteiger partial charge in [-0.25, -0.2) is 4.68 Å². The van der Waals surface area contributed by atoms with Crippen molar-refractivity contribution in [1.29, 1.82) is 0 Å². The molecule has 7 heteroatoms. The summed E-state index contributed by atoms with van der Waals surface area (Å²) in [4.78, 5) is 12.2. The Hall–Kier alpha value is -2.50. The third-order valence-corrected chi connectivity index (χ3v) is 4.24. The molecule has 26 heavy (non-hydrogen) atoms. The maximum absolute atomic E-state index is 12.2. The van der Waals surface area contributed by atoms with Crippen LogP contribution in [0.5, 0.6) is 5.75 Å². The van der Waals surface area contributed by atoms with Gasteiger partial charge in [0.05, 0.1) is 17.8 Å². The van der Waals surface area contributed by atoms with E-state index in [1.54, 1.807) is 35.1 Å². The zero-order chi connectivity index (χ0) is 18.5. The van der Waals surface area contributed by atoms with Gasteiger partial charge in [0.1, 0.15) is 11.6 Å². The molecule has 0 spiro atoms. The molecule has 0 unspecified atom stereocenters. The Labute approximate surface area is 161 Å². The molecule has 2 aromatic carbocycles. The minimum absolute atomic E-state index is 0.185. The fourth-order valence-electron chi connectivity index (χ4n) is 2.34. The van der Waals surface area contributed by atoms with Crippen LogP contribution in [0, 0.1) is 6.92 Å². The van der Waals surface area contributed by atoms with Crippen LogP contribution in [-0.4, -0.2) is 22.3 Å². The Morgan fingerprint density at radius 2 is 1.92 bits per heavy atom. The molecule has 0 aliphatic rings. The lowest BCUT2D eigenvalue weighted by atomic mass is 10.1. The molecule has 1 heterocycles. The SMILES string of the molecule is Cc1ccc(Cn2nccc2NC(=O)COc2cc(Cl)ccc2Cl)cc1. The summed E-state index contributed by atoms with van der Waals surface area (Å²) in [6.45, 7) is 2.41. The molecular formula is C19H17Cl2N3O2. The van der Waals surface area contributed by atoms with Crippen molar-refractivity contribution in [3.8, 4) is 5.75 Å². The highest BCUT2D eigenvalue weighted by molar-refractivity contribution is 6.34. The maximum atomic E-state index is 12.2. The molecule has 3 rings (SSSR count). The molecule has 0 aliphatic carbocycles. The van der Waals surface area contributed by atoms with Crippen molar-refractivity contribution in [2.45, 2.75) is 13.5 Å². The van der Waals surface area contributed by atoms with Gasteiger partial charge in [0.2, 0.25) is 0 Å². The van der Waals surface area contributed by atoms with Crippen LogP contribution in [0.3, 0.4) is 0 Å². The summed E-state index contributed by atoms with van der Waals surface area (Å²) in [6.07, 6.45) is 1.64. The van der Waals surface area contributed by atoms with E-state index in [1.165, 1.54) is 5.56 Å². The van der Waals surface area contributed by atoms with Gasteiger partial charge in [0.15, 0.2) is 6.61 Å². The van der Waals surface area contributed by atoms with E-state index in [9.17, 15) is 4.79 Å². The van der Waals surface area contributed by atoms with Crippen LogP contribution in [0.2, 0.25) is 10.0 Å². The van der Waals surface area contributed by atoms with Crippen molar-refractivity contribution in [2.24, 2.45) is 0 Å². The number of hydrogen-bond acceptors (Lipinski definition) is 3. The van der Waals surface area contributed by atoms with Gasteiger partial charge in [-0.3, -0.25) is 4.79 Å². The number of nitrogens with zero attached hydrogens (tertiary/aromatic N) is 2. The Kier molecular flexibility index (Phi) is 5.81. The second-order valence-corrected chi connectivity index (χ2v) is 6.61. The number of carbonyl (C=O) groups is 1. The van der Waals surface area contributed by atoms with Gasteiger partial charge >= 0.3 is 0 Å². The van der Waals surface area contributed by atoms with Crippen LogP contribution in [0.15, 0.2) is 54.7 Å². The van der Waals surface area contributed by atoms with Crippen LogP contribution < -0.4 is 10.1 Å². The maximum Gasteiger partial charge on any atom is 0.263 e. The smallest absolute Gasteiger partial charge is 0.263 e. The van der Waals surface area contributed by atoms with Gasteiger partial charge in [-0.15, -0.1) is 0 Å². The van der Waals surface area contributed by atoms with Gasteiger partial charge in [-0.05, 0) is 24.6 Å². The standard InChI is InChI=1S/C19H17Cl2N3O2/c1-13-2-4-14(5-3-13)11-24-18(8-9-22-24)23-19(25)12-26-17-10-15(20)6-7-16(17)21/h2-10H,11-12H2,1H3,(H,23,25). The average molecular weight is 390 g/mol. The molecule has 5 nitrogen and oxygen atoms in total. The molecule has 0 fully saturated rings. The van der Waals surface area contributed by atoms with Crippen molar-refractivity contribution < 1.29 is 9.53 Å². The molecule has 0 radical (unpaired) electrons. The number of nitrogens with one attached hydrogen (secondary N) is 1. The summed E-state index contributed by atoms with van der Waals surface area (Å²) in [5, 5.41) is 7.92. The Bertz CT molecular complexity index is 907. The highest BCUT2D eigenvalue weighted by Gasteiger charge is 2.10. The Morgan fingerprint density at radius 1 is 1.15 bits per heavy atom. The number of aryl methyl sites for hydroxylation is 1. The average Bonchev–Trinajstić information content (AvgIpc) is 3.04. The van der Waals surface area contributed by atoms with Gasteiger partial charge in [0.25, 0.3) is 5.91 Å². The normalized spacial score (nSPS) is 10.6. The van der Waals surface area contributed by atoms with Crippen LogP contribution >= 0.6 is 23.2 Å². The number of anilines is 1. The first kappa shape index (κ1) is 18.3. The molecule has 1 N–H and O–H groups in total. The number of benzene rings is 2. The zero-order valence-electron chi connectivity index (χ0n) is 14.1. The number of hydrogen-bond donors (Lipinski definition) is 1. The summed E-state index contributed by atoms with van der Waals surface area (Å²) in [7, 11) is 0. The third kappa shape index (κ3) is 4.77. The van der Waals surface area contributed by atoms with Crippen LogP contribution in [0.1, 0.15) is 11.1 Å². The minimum Gasteiger partial charge on any atom is -0.482 e. The lowest BCUT2D eigenvalue weighted by molar-refractivity contribution is -0.118. The molecule has 0 atom stereocenters. The lowest BCUT2D eigenvalue weighted by Gasteiger charge is -2.11. The van der Waals surface area contributed by atoms with Gasteiger partial charge < -0.3 is 10.1 Å². The highest BCUT2D eigenvalue weighted by Crippen LogP contribution is 2.27. The summed E-state index contributed by atoms with van der Waals surface area (Å²) in [5.41, 5.74) is 2.29. The number of carbonyl (C=O) groups excluding carboxylic acids is 1. The first-order valence-corrected chi connectivity index (χ1v) is 8.72. The molecule has 0 aliphatic heterocycles. The summed E-state index contributed by atoms with van der Waals surface area (Å²) in [5.74, 6) is 0.644. The number of halogens is 2. The quantitative estimate of drug-likeness (QED) is 0.671. The van der Waals surface area contributed by atoms with Crippen LogP contribution in [-0.2, 0) is 11.3 Å². The van der Waals surface area contributed by atoms with E-state index >= 15 is 0 Å². The van der Waals surface area contributed by atoms with Crippen molar-refractivity contribution in [1.82, 2.24) is 9.78 Å². The van der Waals surface area contributed by atoms with Crippen LogP contribution in [0.25, 0.3) is 0 Å². The minimum atomic E-state index is -0.313. The third-order valence-electron chi connectivity index (χ3n) is 3.69. The fraction of sp³-hybridized carbons (Fsp3) is 0.158. The van der Waals surface area contributed by atoms with E-state index in [0.717, 1.165) is 5.56 Å². The van der Waals surface area contributed by atoms with Crippen molar-refractivity contribution in [3.63, 3.8) is 0 Å². The van der Waals surface area contributed by atoms with E-state index < -0.39 is 0 Å². The fourth-order valence-corrected chi connectivity index (χ4v) is 2.68. The van der Waals surface area contributed by atoms with Gasteiger partial charge in [0, 0.05) is 17.2 Å². The van der Waals surface area contributed by atoms with Crippen molar-refractivity contribution in [3.05, 3.63) is 75.9 Å². The molecule has 3 aromatic rings. The van der Waals surface area contributed by atoms with Gasteiger partial charge in [-0.2, -0.15) is 5.10 Å². The Balaban J connectivity index is 1.60. The highest BCUT2D eigenvalue weighted by atomic mass is 35.5. The van der Waals surface area contributed by atoms with E-state index in [1.807, 2.05) is 31.2 Å². The number of rotatable bonds is 6.